The summed E-state index contributed by atoms with van der Waals surface area (Å²) in [7, 11) is 0. The van der Waals surface area contributed by atoms with Crippen molar-refractivity contribution < 1.29 is 9.18 Å². The number of nitrogen functional groups attached to an aromatic ring is 1. The number of benzene rings is 1. The van der Waals surface area contributed by atoms with E-state index >= 15 is 0 Å². The van der Waals surface area contributed by atoms with Crippen LogP contribution >= 0.6 is 11.6 Å². The van der Waals surface area contributed by atoms with Gasteiger partial charge in [0.25, 0.3) is 0 Å². The lowest BCUT2D eigenvalue weighted by Gasteiger charge is -2.18. The number of hydrogen-bond donors (Lipinski definition) is 1. The maximum Gasteiger partial charge on any atom is 0.228 e. The molecule has 0 aliphatic carbocycles. The highest BCUT2D eigenvalue weighted by Crippen LogP contribution is 2.31. The molecule has 1 heterocycles. The molecule has 0 aromatic heterocycles. The Morgan fingerprint density at radius 2 is 2.27 bits per heavy atom. The molecule has 1 fully saturated rings. The predicted molar refractivity (Wildman–Crippen MR) is 57.4 cm³/mol. The van der Waals surface area contributed by atoms with Crippen molar-refractivity contribution in [3.63, 3.8) is 0 Å². The van der Waals surface area contributed by atoms with E-state index in [0.29, 0.717) is 6.54 Å². The quantitative estimate of drug-likeness (QED) is 0.588. The van der Waals surface area contributed by atoms with Gasteiger partial charge in [0.1, 0.15) is 11.5 Å². The second-order valence-electron chi connectivity index (χ2n) is 3.48. The van der Waals surface area contributed by atoms with Crippen LogP contribution in [-0.2, 0) is 4.79 Å². The molecule has 1 atom stereocenters. The topological polar surface area (TPSA) is 46.3 Å². The first-order chi connectivity index (χ1) is 7.09. The molecule has 0 saturated carbocycles. The molecule has 1 aromatic carbocycles. The number of hydrogen-bond acceptors (Lipinski definition) is 2. The standard InChI is InChI=1S/C10H10ClFN2O/c11-6-4-9(15)14(5-6)10-7(12)2-1-3-8(10)13/h1-3,6H,4-5,13H2. The SMILES string of the molecule is Nc1cccc(F)c1N1CC(Cl)CC1=O. The summed E-state index contributed by atoms with van der Waals surface area (Å²) >= 11 is 5.83. The van der Waals surface area contributed by atoms with Gasteiger partial charge in [0.15, 0.2) is 0 Å². The molecule has 1 amide bonds. The Balaban J connectivity index is 2.41. The number of anilines is 2. The van der Waals surface area contributed by atoms with Crippen LogP contribution in [0.25, 0.3) is 0 Å². The van der Waals surface area contributed by atoms with Crippen molar-refractivity contribution in [3.05, 3.63) is 24.0 Å². The number of amides is 1. The molecule has 1 aliphatic heterocycles. The van der Waals surface area contributed by atoms with Crippen LogP contribution in [0, 0.1) is 5.82 Å². The lowest BCUT2D eigenvalue weighted by molar-refractivity contribution is -0.117. The van der Waals surface area contributed by atoms with Crippen LogP contribution in [0.3, 0.4) is 0 Å². The lowest BCUT2D eigenvalue weighted by Crippen LogP contribution is -2.26. The summed E-state index contributed by atoms with van der Waals surface area (Å²) in [6.07, 6.45) is 0.231. The summed E-state index contributed by atoms with van der Waals surface area (Å²) in [6, 6.07) is 4.35. The molecular weight excluding hydrogens is 219 g/mol. The second-order valence-corrected chi connectivity index (χ2v) is 4.10. The average molecular weight is 229 g/mol. The number of para-hydroxylation sites is 1. The maximum absolute atomic E-state index is 13.5. The van der Waals surface area contributed by atoms with Crippen LogP contribution in [0.4, 0.5) is 15.8 Å². The Kier molecular flexibility index (Phi) is 2.52. The van der Waals surface area contributed by atoms with Crippen LogP contribution in [-0.4, -0.2) is 17.8 Å². The molecule has 0 radical (unpaired) electrons. The fourth-order valence-corrected chi connectivity index (χ4v) is 1.97. The fraction of sp³-hybridized carbons (Fsp3) is 0.300. The van der Waals surface area contributed by atoms with Gasteiger partial charge in [-0.05, 0) is 12.1 Å². The Bertz CT molecular complexity index is 390. The molecule has 2 N–H and O–H groups in total. The normalized spacial score (nSPS) is 21.1. The first kappa shape index (κ1) is 10.2. The highest BCUT2D eigenvalue weighted by atomic mass is 35.5. The van der Waals surface area contributed by atoms with Crippen LogP contribution in [0.1, 0.15) is 6.42 Å². The van der Waals surface area contributed by atoms with Crippen molar-refractivity contribution in [2.24, 2.45) is 0 Å². The summed E-state index contributed by atoms with van der Waals surface area (Å²) in [6.45, 7) is 0.311. The van der Waals surface area contributed by atoms with E-state index in [9.17, 15) is 9.18 Å². The third-order valence-corrected chi connectivity index (χ3v) is 2.66. The summed E-state index contributed by atoms with van der Waals surface area (Å²) in [5, 5.41) is -0.267. The molecule has 2 rings (SSSR count). The summed E-state index contributed by atoms with van der Waals surface area (Å²) in [5.74, 6) is -0.680. The van der Waals surface area contributed by atoms with Crippen molar-refractivity contribution in [2.45, 2.75) is 11.8 Å². The van der Waals surface area contributed by atoms with E-state index in [4.69, 9.17) is 17.3 Å². The zero-order valence-electron chi connectivity index (χ0n) is 7.91. The number of halogens is 2. The third-order valence-electron chi connectivity index (χ3n) is 2.37. The minimum Gasteiger partial charge on any atom is -0.397 e. The third kappa shape index (κ3) is 1.77. The Labute approximate surface area is 91.6 Å². The van der Waals surface area contributed by atoms with Crippen molar-refractivity contribution in [2.75, 3.05) is 17.2 Å². The number of rotatable bonds is 1. The highest BCUT2D eigenvalue weighted by molar-refractivity contribution is 6.24. The number of nitrogens with zero attached hydrogens (tertiary/aromatic N) is 1. The van der Waals surface area contributed by atoms with Gasteiger partial charge in [-0.25, -0.2) is 4.39 Å². The highest BCUT2D eigenvalue weighted by Gasteiger charge is 2.31. The van der Waals surface area contributed by atoms with Crippen LogP contribution in [0.2, 0.25) is 0 Å². The van der Waals surface area contributed by atoms with Gasteiger partial charge in [0, 0.05) is 13.0 Å². The van der Waals surface area contributed by atoms with Gasteiger partial charge in [-0.2, -0.15) is 0 Å². The van der Waals surface area contributed by atoms with Gasteiger partial charge in [0.05, 0.1) is 11.1 Å². The summed E-state index contributed by atoms with van der Waals surface area (Å²) in [5.41, 5.74) is 6.03. The van der Waals surface area contributed by atoms with Crippen molar-refractivity contribution >= 4 is 28.9 Å². The molecule has 80 valence electrons. The molecule has 3 nitrogen and oxygen atoms in total. The van der Waals surface area contributed by atoms with Gasteiger partial charge in [0.2, 0.25) is 5.91 Å². The lowest BCUT2D eigenvalue weighted by atomic mass is 10.2. The molecule has 0 spiro atoms. The van der Waals surface area contributed by atoms with Crippen molar-refractivity contribution in [1.82, 2.24) is 0 Å². The van der Waals surface area contributed by atoms with E-state index in [-0.39, 0.29) is 29.1 Å². The van der Waals surface area contributed by atoms with E-state index in [1.54, 1.807) is 6.07 Å². The van der Waals surface area contributed by atoms with Gasteiger partial charge in [-0.1, -0.05) is 6.07 Å². The average Bonchev–Trinajstić information content (AvgIpc) is 2.45. The molecule has 1 aliphatic rings. The molecule has 1 aromatic rings. The second kappa shape index (κ2) is 3.70. The van der Waals surface area contributed by atoms with Crippen molar-refractivity contribution in [1.29, 1.82) is 0 Å². The van der Waals surface area contributed by atoms with E-state index in [1.807, 2.05) is 0 Å². The van der Waals surface area contributed by atoms with Gasteiger partial charge in [-0.3, -0.25) is 4.79 Å². The minimum absolute atomic E-state index is 0.144. The number of alkyl halides is 1. The molecule has 1 saturated heterocycles. The van der Waals surface area contributed by atoms with Gasteiger partial charge < -0.3 is 10.6 Å². The number of nitrogens with two attached hydrogens (primary N) is 1. The maximum atomic E-state index is 13.5. The van der Waals surface area contributed by atoms with Crippen LogP contribution in [0.15, 0.2) is 18.2 Å². The first-order valence-corrected chi connectivity index (χ1v) is 5.01. The molecule has 15 heavy (non-hydrogen) atoms. The van der Waals surface area contributed by atoms with Crippen molar-refractivity contribution in [3.8, 4) is 0 Å². The molecular formula is C10H10ClFN2O. The van der Waals surface area contributed by atoms with E-state index in [2.05, 4.69) is 0 Å². The van der Waals surface area contributed by atoms with E-state index < -0.39 is 5.82 Å². The van der Waals surface area contributed by atoms with Gasteiger partial charge in [-0.15, -0.1) is 11.6 Å². The molecule has 5 heteroatoms. The monoisotopic (exact) mass is 228 g/mol. The zero-order chi connectivity index (χ0) is 11.0. The van der Waals surface area contributed by atoms with Crippen LogP contribution in [0.5, 0.6) is 0 Å². The first-order valence-electron chi connectivity index (χ1n) is 4.58. The van der Waals surface area contributed by atoms with Crippen LogP contribution < -0.4 is 10.6 Å². The Morgan fingerprint density at radius 3 is 2.80 bits per heavy atom. The van der Waals surface area contributed by atoms with E-state index in [0.717, 1.165) is 0 Å². The number of carbonyl (C=O) groups is 1. The van der Waals surface area contributed by atoms with Gasteiger partial charge >= 0.3 is 0 Å². The Hall–Kier alpha value is -1.29. The van der Waals surface area contributed by atoms with E-state index in [1.165, 1.54) is 17.0 Å². The Morgan fingerprint density at radius 1 is 1.53 bits per heavy atom. The smallest absolute Gasteiger partial charge is 0.228 e. The summed E-state index contributed by atoms with van der Waals surface area (Å²) in [4.78, 5) is 12.8. The minimum atomic E-state index is -0.492. The fourth-order valence-electron chi connectivity index (χ4n) is 1.70. The largest absolute Gasteiger partial charge is 0.397 e. The molecule has 0 bridgehead atoms. The predicted octanol–water partition coefficient (Wildman–Crippen LogP) is 1.75. The summed E-state index contributed by atoms with van der Waals surface area (Å²) < 4.78 is 13.5. The zero-order valence-corrected chi connectivity index (χ0v) is 8.67. The molecule has 1 unspecified atom stereocenters. The number of carbonyl (C=O) groups excluding carboxylic acids is 1.